The lowest BCUT2D eigenvalue weighted by Gasteiger charge is -2.23. The van der Waals surface area contributed by atoms with Crippen molar-refractivity contribution in [3.63, 3.8) is 0 Å². The first-order chi connectivity index (χ1) is 11.4. The minimum atomic E-state index is -0.282. The molecule has 2 aromatic carbocycles. The van der Waals surface area contributed by atoms with Crippen molar-refractivity contribution in [2.24, 2.45) is 0 Å². The molecular weight excluding hydrogens is 304 g/mol. The minimum Gasteiger partial charge on any atom is -0.495 e. The maximum Gasteiger partial charge on any atom is 0.244 e. The molecule has 0 radical (unpaired) electrons. The Labute approximate surface area is 142 Å². The van der Waals surface area contributed by atoms with Gasteiger partial charge in [-0.25, -0.2) is 0 Å². The number of para-hydroxylation sites is 2. The number of nitrogens with zero attached hydrogens (tertiary/aromatic N) is 1. The van der Waals surface area contributed by atoms with Crippen LogP contribution in [0.25, 0.3) is 0 Å². The van der Waals surface area contributed by atoms with Crippen molar-refractivity contribution < 1.29 is 14.3 Å². The van der Waals surface area contributed by atoms with E-state index in [2.05, 4.69) is 5.32 Å². The van der Waals surface area contributed by atoms with E-state index in [0.29, 0.717) is 11.4 Å². The molecule has 126 valence electrons. The third kappa shape index (κ3) is 3.93. The van der Waals surface area contributed by atoms with Crippen LogP contribution >= 0.6 is 0 Å². The smallest absolute Gasteiger partial charge is 0.244 e. The van der Waals surface area contributed by atoms with E-state index in [1.54, 1.807) is 19.2 Å². The van der Waals surface area contributed by atoms with Crippen molar-refractivity contribution in [1.29, 1.82) is 0 Å². The number of amides is 2. The van der Waals surface area contributed by atoms with E-state index in [0.717, 1.165) is 16.8 Å². The SMILES string of the molecule is COc1ccccc1NC(=O)CN(C(C)=O)c1cccc(C)c1C. The molecule has 2 amide bonds. The Morgan fingerprint density at radius 1 is 1.08 bits per heavy atom. The summed E-state index contributed by atoms with van der Waals surface area (Å²) < 4.78 is 5.22. The molecule has 0 spiro atoms. The first-order valence-electron chi connectivity index (χ1n) is 7.71. The Hall–Kier alpha value is -2.82. The van der Waals surface area contributed by atoms with Gasteiger partial charge in [0.2, 0.25) is 11.8 Å². The summed E-state index contributed by atoms with van der Waals surface area (Å²) in [4.78, 5) is 25.9. The molecule has 2 rings (SSSR count). The van der Waals surface area contributed by atoms with Crippen LogP contribution in [0.5, 0.6) is 5.75 Å². The van der Waals surface area contributed by atoms with Gasteiger partial charge in [-0.15, -0.1) is 0 Å². The Morgan fingerprint density at radius 2 is 1.79 bits per heavy atom. The number of rotatable bonds is 5. The fourth-order valence-corrected chi connectivity index (χ4v) is 2.48. The normalized spacial score (nSPS) is 10.2. The quantitative estimate of drug-likeness (QED) is 0.917. The van der Waals surface area contributed by atoms with E-state index in [9.17, 15) is 9.59 Å². The number of carbonyl (C=O) groups is 2. The first kappa shape index (κ1) is 17.5. The maximum atomic E-state index is 12.4. The van der Waals surface area contributed by atoms with Gasteiger partial charge in [0.05, 0.1) is 12.8 Å². The third-order valence-electron chi connectivity index (χ3n) is 3.93. The highest BCUT2D eigenvalue weighted by Gasteiger charge is 2.18. The summed E-state index contributed by atoms with van der Waals surface area (Å²) >= 11 is 0. The van der Waals surface area contributed by atoms with Gasteiger partial charge in [-0.3, -0.25) is 9.59 Å². The van der Waals surface area contributed by atoms with Gasteiger partial charge in [-0.05, 0) is 43.2 Å². The Bertz CT molecular complexity index is 756. The molecule has 0 aliphatic carbocycles. The number of hydrogen-bond acceptors (Lipinski definition) is 3. The molecule has 5 nitrogen and oxygen atoms in total. The zero-order chi connectivity index (χ0) is 17.7. The number of benzene rings is 2. The van der Waals surface area contributed by atoms with E-state index in [1.807, 2.05) is 44.2 Å². The van der Waals surface area contributed by atoms with Crippen LogP contribution in [0.1, 0.15) is 18.1 Å². The van der Waals surface area contributed by atoms with Gasteiger partial charge < -0.3 is 15.0 Å². The monoisotopic (exact) mass is 326 g/mol. The second-order valence-electron chi connectivity index (χ2n) is 5.57. The summed E-state index contributed by atoms with van der Waals surface area (Å²) in [5, 5.41) is 2.79. The van der Waals surface area contributed by atoms with Crippen molar-refractivity contribution in [2.45, 2.75) is 20.8 Å². The molecule has 0 saturated carbocycles. The van der Waals surface area contributed by atoms with Crippen LogP contribution in [0.3, 0.4) is 0 Å². The number of nitrogens with one attached hydrogen (secondary N) is 1. The zero-order valence-electron chi connectivity index (χ0n) is 14.4. The molecule has 2 aromatic rings. The minimum absolute atomic E-state index is 0.0579. The fraction of sp³-hybridized carbons (Fsp3) is 0.263. The van der Waals surface area contributed by atoms with E-state index >= 15 is 0 Å². The molecule has 0 atom stereocenters. The van der Waals surface area contributed by atoms with Gasteiger partial charge in [-0.2, -0.15) is 0 Å². The van der Waals surface area contributed by atoms with Crippen LogP contribution in [-0.2, 0) is 9.59 Å². The van der Waals surface area contributed by atoms with E-state index in [1.165, 1.54) is 11.8 Å². The molecule has 1 N–H and O–H groups in total. The molecule has 5 heteroatoms. The molecule has 0 bridgehead atoms. The van der Waals surface area contributed by atoms with E-state index in [4.69, 9.17) is 4.74 Å². The van der Waals surface area contributed by atoms with Gasteiger partial charge in [0.15, 0.2) is 0 Å². The van der Waals surface area contributed by atoms with Gasteiger partial charge in [0, 0.05) is 12.6 Å². The summed E-state index contributed by atoms with van der Waals surface area (Å²) in [6.07, 6.45) is 0. The summed E-state index contributed by atoms with van der Waals surface area (Å²) in [6, 6.07) is 12.9. The Balaban J connectivity index is 2.20. The molecule has 0 heterocycles. The van der Waals surface area contributed by atoms with Gasteiger partial charge in [-0.1, -0.05) is 24.3 Å². The summed E-state index contributed by atoms with van der Waals surface area (Å²) in [5.41, 5.74) is 3.38. The van der Waals surface area contributed by atoms with Crippen molar-refractivity contribution in [3.8, 4) is 5.75 Å². The number of carbonyl (C=O) groups excluding carboxylic acids is 2. The van der Waals surface area contributed by atoms with Crippen molar-refractivity contribution >= 4 is 23.2 Å². The predicted octanol–water partition coefficient (Wildman–Crippen LogP) is 3.30. The Morgan fingerprint density at radius 3 is 2.46 bits per heavy atom. The highest BCUT2D eigenvalue weighted by Crippen LogP contribution is 2.25. The second kappa shape index (κ2) is 7.64. The molecule has 0 aliphatic heterocycles. The maximum absolute atomic E-state index is 12.4. The molecule has 0 aliphatic rings. The average molecular weight is 326 g/mol. The number of anilines is 2. The van der Waals surface area contributed by atoms with Crippen molar-refractivity contribution in [2.75, 3.05) is 23.9 Å². The number of hydrogen-bond donors (Lipinski definition) is 1. The van der Waals surface area contributed by atoms with E-state index in [-0.39, 0.29) is 18.4 Å². The van der Waals surface area contributed by atoms with E-state index < -0.39 is 0 Å². The number of aryl methyl sites for hydroxylation is 1. The molecule has 0 fully saturated rings. The van der Waals surface area contributed by atoms with Crippen LogP contribution < -0.4 is 15.0 Å². The first-order valence-corrected chi connectivity index (χ1v) is 7.71. The molecule has 0 saturated heterocycles. The van der Waals surface area contributed by atoms with Crippen LogP contribution in [0.2, 0.25) is 0 Å². The summed E-state index contributed by atoms with van der Waals surface area (Å²) in [6.45, 7) is 5.32. The standard InChI is InChI=1S/C19H22N2O3/c1-13-8-7-10-17(14(13)2)21(15(3)22)12-19(23)20-16-9-5-6-11-18(16)24-4/h5-11H,12H2,1-4H3,(H,20,23). The Kier molecular flexibility index (Phi) is 5.58. The molecule has 0 unspecified atom stereocenters. The number of ether oxygens (including phenoxy) is 1. The lowest BCUT2D eigenvalue weighted by Crippen LogP contribution is -2.37. The van der Waals surface area contributed by atoms with Crippen LogP contribution in [0.4, 0.5) is 11.4 Å². The third-order valence-corrected chi connectivity index (χ3v) is 3.93. The van der Waals surface area contributed by atoms with Crippen molar-refractivity contribution in [1.82, 2.24) is 0 Å². The lowest BCUT2D eigenvalue weighted by atomic mass is 10.1. The van der Waals surface area contributed by atoms with Crippen molar-refractivity contribution in [3.05, 3.63) is 53.6 Å². The molecule has 0 aromatic heterocycles. The van der Waals surface area contributed by atoms with Crippen LogP contribution in [0.15, 0.2) is 42.5 Å². The van der Waals surface area contributed by atoms with Gasteiger partial charge in [0.25, 0.3) is 0 Å². The lowest BCUT2D eigenvalue weighted by molar-refractivity contribution is -0.120. The average Bonchev–Trinajstić information content (AvgIpc) is 2.56. The topological polar surface area (TPSA) is 58.6 Å². The number of methoxy groups -OCH3 is 1. The molecule has 24 heavy (non-hydrogen) atoms. The molecular formula is C19H22N2O3. The highest BCUT2D eigenvalue weighted by molar-refractivity contribution is 6.02. The van der Waals surface area contributed by atoms with Gasteiger partial charge in [0.1, 0.15) is 12.3 Å². The zero-order valence-corrected chi connectivity index (χ0v) is 14.4. The summed E-state index contributed by atoms with van der Waals surface area (Å²) in [7, 11) is 1.54. The highest BCUT2D eigenvalue weighted by atomic mass is 16.5. The summed E-state index contributed by atoms with van der Waals surface area (Å²) in [5.74, 6) is 0.112. The van der Waals surface area contributed by atoms with Gasteiger partial charge >= 0.3 is 0 Å². The van der Waals surface area contributed by atoms with Crippen LogP contribution in [0, 0.1) is 13.8 Å². The predicted molar refractivity (Wildman–Crippen MR) is 95.6 cm³/mol. The fourth-order valence-electron chi connectivity index (χ4n) is 2.48. The largest absolute Gasteiger partial charge is 0.495 e. The van der Waals surface area contributed by atoms with Crippen LogP contribution in [-0.4, -0.2) is 25.5 Å². The second-order valence-corrected chi connectivity index (χ2v) is 5.57.